The number of para-hydroxylation sites is 1. The Balaban J connectivity index is 1.77. The molecule has 2 heterocycles. The van der Waals surface area contributed by atoms with Gasteiger partial charge in [0.15, 0.2) is 5.69 Å². The number of aromatic nitrogens is 2. The number of aliphatic hydroxyl groups is 1. The summed E-state index contributed by atoms with van der Waals surface area (Å²) in [6, 6.07) is 8.11. The van der Waals surface area contributed by atoms with Crippen molar-refractivity contribution in [1.29, 1.82) is 0 Å². The van der Waals surface area contributed by atoms with Crippen LogP contribution in [0.2, 0.25) is 0 Å². The highest BCUT2D eigenvalue weighted by molar-refractivity contribution is 5.92. The molecule has 3 rings (SSSR count). The number of likely N-dealkylation sites (tertiary alicyclic amines) is 1. The molecule has 0 spiro atoms. The molecule has 1 aliphatic rings. The predicted molar refractivity (Wildman–Crippen MR) is 83.9 cm³/mol. The fourth-order valence-corrected chi connectivity index (χ4v) is 3.09. The maximum Gasteiger partial charge on any atom is 0.274 e. The Morgan fingerprint density at radius 3 is 2.96 bits per heavy atom. The first-order valence-electron chi connectivity index (χ1n) is 7.93. The van der Waals surface area contributed by atoms with E-state index in [2.05, 4.69) is 5.10 Å². The van der Waals surface area contributed by atoms with Crippen LogP contribution in [-0.2, 0) is 0 Å². The zero-order valence-electron chi connectivity index (χ0n) is 12.9. The number of aliphatic hydroxyl groups excluding tert-OH is 1. The molecule has 1 aromatic carbocycles. The van der Waals surface area contributed by atoms with Crippen molar-refractivity contribution in [2.75, 3.05) is 13.2 Å². The Morgan fingerprint density at radius 2 is 2.17 bits per heavy atom. The Labute approximate surface area is 134 Å². The van der Waals surface area contributed by atoms with E-state index in [0.717, 1.165) is 19.3 Å². The minimum absolute atomic E-state index is 0.125. The van der Waals surface area contributed by atoms with Gasteiger partial charge in [-0.25, -0.2) is 9.07 Å². The number of rotatable bonds is 5. The number of carbonyl (C=O) groups is 1. The predicted octanol–water partition coefficient (Wildman–Crippen LogP) is 2.39. The van der Waals surface area contributed by atoms with Gasteiger partial charge >= 0.3 is 0 Å². The van der Waals surface area contributed by atoms with Gasteiger partial charge in [0.2, 0.25) is 0 Å². The molecule has 1 saturated heterocycles. The summed E-state index contributed by atoms with van der Waals surface area (Å²) < 4.78 is 15.2. The van der Waals surface area contributed by atoms with Crippen molar-refractivity contribution in [1.82, 2.24) is 14.7 Å². The van der Waals surface area contributed by atoms with Crippen LogP contribution < -0.4 is 0 Å². The number of nitrogens with zero attached hydrogens (tertiary/aromatic N) is 3. The molecule has 1 fully saturated rings. The smallest absolute Gasteiger partial charge is 0.274 e. The monoisotopic (exact) mass is 317 g/mol. The van der Waals surface area contributed by atoms with Gasteiger partial charge in [0.25, 0.3) is 5.91 Å². The quantitative estimate of drug-likeness (QED) is 0.921. The molecule has 0 radical (unpaired) electrons. The van der Waals surface area contributed by atoms with E-state index in [-0.39, 0.29) is 24.4 Å². The zero-order chi connectivity index (χ0) is 16.2. The Morgan fingerprint density at radius 1 is 1.35 bits per heavy atom. The van der Waals surface area contributed by atoms with Crippen LogP contribution in [-0.4, -0.2) is 44.9 Å². The van der Waals surface area contributed by atoms with Crippen LogP contribution in [0.3, 0.4) is 0 Å². The van der Waals surface area contributed by atoms with E-state index in [0.29, 0.717) is 24.3 Å². The van der Waals surface area contributed by atoms with Gasteiger partial charge in [0.05, 0.1) is 0 Å². The highest BCUT2D eigenvalue weighted by Gasteiger charge is 2.30. The maximum absolute atomic E-state index is 13.8. The highest BCUT2D eigenvalue weighted by Crippen LogP contribution is 2.23. The second-order valence-electron chi connectivity index (χ2n) is 5.76. The van der Waals surface area contributed by atoms with Crippen LogP contribution in [0.1, 0.15) is 36.2 Å². The van der Waals surface area contributed by atoms with Gasteiger partial charge in [0, 0.05) is 25.4 Å². The van der Waals surface area contributed by atoms with Crippen LogP contribution >= 0.6 is 0 Å². The number of benzene rings is 1. The summed E-state index contributed by atoms with van der Waals surface area (Å²) in [6.07, 6.45) is 5.02. The maximum atomic E-state index is 13.8. The number of carbonyl (C=O) groups excluding carboxylic acids is 1. The lowest BCUT2D eigenvalue weighted by molar-refractivity contribution is 0.0718. The average molecular weight is 317 g/mol. The topological polar surface area (TPSA) is 58.4 Å². The third kappa shape index (κ3) is 3.27. The van der Waals surface area contributed by atoms with Gasteiger partial charge in [-0.2, -0.15) is 5.10 Å². The lowest BCUT2D eigenvalue weighted by Gasteiger charge is -2.23. The molecule has 122 valence electrons. The first-order valence-corrected chi connectivity index (χ1v) is 7.93. The molecule has 1 N–H and O–H groups in total. The average Bonchev–Trinajstić information content (AvgIpc) is 3.22. The van der Waals surface area contributed by atoms with E-state index < -0.39 is 0 Å². The van der Waals surface area contributed by atoms with Gasteiger partial charge < -0.3 is 10.0 Å². The number of hydrogen-bond donors (Lipinski definition) is 1. The molecule has 23 heavy (non-hydrogen) atoms. The molecule has 2 aromatic rings. The van der Waals surface area contributed by atoms with Crippen molar-refractivity contribution in [2.24, 2.45) is 0 Å². The summed E-state index contributed by atoms with van der Waals surface area (Å²) in [5, 5.41) is 13.2. The third-order valence-corrected chi connectivity index (χ3v) is 4.24. The highest BCUT2D eigenvalue weighted by atomic mass is 19.1. The second kappa shape index (κ2) is 6.91. The molecule has 0 saturated carbocycles. The summed E-state index contributed by atoms with van der Waals surface area (Å²) in [7, 11) is 0. The van der Waals surface area contributed by atoms with Crippen molar-refractivity contribution in [3.63, 3.8) is 0 Å². The summed E-state index contributed by atoms with van der Waals surface area (Å²) in [6.45, 7) is 0.849. The van der Waals surface area contributed by atoms with Gasteiger partial charge in [-0.05, 0) is 43.9 Å². The van der Waals surface area contributed by atoms with Crippen molar-refractivity contribution in [3.8, 4) is 5.69 Å². The molecule has 1 aliphatic heterocycles. The fourth-order valence-electron chi connectivity index (χ4n) is 3.09. The molecule has 5 nitrogen and oxygen atoms in total. The van der Waals surface area contributed by atoms with Crippen LogP contribution in [0.5, 0.6) is 0 Å². The number of hydrogen-bond acceptors (Lipinski definition) is 3. The molecule has 1 atom stereocenters. The van der Waals surface area contributed by atoms with Crippen molar-refractivity contribution < 1.29 is 14.3 Å². The normalized spacial score (nSPS) is 17.7. The van der Waals surface area contributed by atoms with Crippen LogP contribution in [0.15, 0.2) is 36.5 Å². The van der Waals surface area contributed by atoms with E-state index in [1.165, 1.54) is 10.7 Å². The van der Waals surface area contributed by atoms with Gasteiger partial charge in [-0.15, -0.1) is 0 Å². The minimum atomic E-state index is -0.378. The van der Waals surface area contributed by atoms with Gasteiger partial charge in [-0.3, -0.25) is 4.79 Å². The fraction of sp³-hybridized carbons (Fsp3) is 0.412. The van der Waals surface area contributed by atoms with Gasteiger partial charge in [-0.1, -0.05) is 12.1 Å². The van der Waals surface area contributed by atoms with E-state index in [1.807, 2.05) is 4.90 Å². The largest absolute Gasteiger partial charge is 0.396 e. The zero-order valence-corrected chi connectivity index (χ0v) is 12.9. The molecule has 0 bridgehead atoms. The van der Waals surface area contributed by atoms with E-state index in [1.54, 1.807) is 30.5 Å². The molecule has 6 heteroatoms. The summed E-state index contributed by atoms with van der Waals surface area (Å²) in [4.78, 5) is 14.5. The number of halogens is 1. The van der Waals surface area contributed by atoms with Crippen molar-refractivity contribution in [2.45, 2.75) is 31.7 Å². The first-order chi connectivity index (χ1) is 11.2. The SMILES string of the molecule is O=C(c1ccn(-c2ccccc2F)n1)N1CCCC1CCCO. The third-order valence-electron chi connectivity index (χ3n) is 4.24. The van der Waals surface area contributed by atoms with Crippen LogP contribution in [0.25, 0.3) is 5.69 Å². The molecule has 1 unspecified atom stereocenters. The van der Waals surface area contributed by atoms with E-state index >= 15 is 0 Å². The summed E-state index contributed by atoms with van der Waals surface area (Å²) in [5.41, 5.74) is 0.647. The lowest BCUT2D eigenvalue weighted by Crippen LogP contribution is -2.36. The molecule has 0 aliphatic carbocycles. The molecule has 1 aromatic heterocycles. The van der Waals surface area contributed by atoms with Crippen LogP contribution in [0.4, 0.5) is 4.39 Å². The minimum Gasteiger partial charge on any atom is -0.396 e. The Kier molecular flexibility index (Phi) is 4.71. The Hall–Kier alpha value is -2.21. The van der Waals surface area contributed by atoms with Crippen molar-refractivity contribution in [3.05, 3.63) is 48.0 Å². The molecule has 1 amide bonds. The first kappa shape index (κ1) is 15.7. The van der Waals surface area contributed by atoms with E-state index in [4.69, 9.17) is 5.11 Å². The lowest BCUT2D eigenvalue weighted by atomic mass is 10.1. The number of amides is 1. The van der Waals surface area contributed by atoms with E-state index in [9.17, 15) is 9.18 Å². The summed E-state index contributed by atoms with van der Waals surface area (Å²) in [5.74, 6) is -0.503. The standard InChI is InChI=1S/C17H20FN3O2/c18-14-7-1-2-8-16(14)21-11-9-15(19-21)17(23)20-10-3-5-13(20)6-4-12-22/h1-2,7-9,11,13,22H,3-6,10,12H2. The van der Waals surface area contributed by atoms with Crippen molar-refractivity contribution >= 4 is 5.91 Å². The molecular formula is C17H20FN3O2. The Bertz CT molecular complexity index is 686. The van der Waals surface area contributed by atoms with Crippen LogP contribution in [0, 0.1) is 5.82 Å². The van der Waals surface area contributed by atoms with Gasteiger partial charge in [0.1, 0.15) is 11.5 Å². The second-order valence-corrected chi connectivity index (χ2v) is 5.76. The summed E-state index contributed by atoms with van der Waals surface area (Å²) >= 11 is 0. The molecular weight excluding hydrogens is 297 g/mol.